The molecule has 1 fully saturated rings. The van der Waals surface area contributed by atoms with Gasteiger partial charge in [0.2, 0.25) is 5.91 Å². The molecular formula is C25H28N4O3. The predicted octanol–water partition coefficient (Wildman–Crippen LogP) is 3.44. The van der Waals surface area contributed by atoms with E-state index in [9.17, 15) is 4.79 Å². The van der Waals surface area contributed by atoms with Gasteiger partial charge >= 0.3 is 0 Å². The molecule has 1 amide bonds. The molecule has 2 heterocycles. The summed E-state index contributed by atoms with van der Waals surface area (Å²) in [6, 6.07) is 19.4. The molecule has 7 nitrogen and oxygen atoms in total. The smallest absolute Gasteiger partial charge is 0.227 e. The van der Waals surface area contributed by atoms with Gasteiger partial charge in [-0.2, -0.15) is 0 Å². The second kappa shape index (κ2) is 10.1. The fourth-order valence-electron chi connectivity index (χ4n) is 3.84. The van der Waals surface area contributed by atoms with Gasteiger partial charge in [0.05, 0.1) is 25.8 Å². The number of rotatable bonds is 7. The Hall–Kier alpha value is -3.61. The molecule has 32 heavy (non-hydrogen) atoms. The molecule has 0 N–H and O–H groups in total. The number of methoxy groups -OCH3 is 1. The monoisotopic (exact) mass is 432 g/mol. The molecule has 3 aromatic rings. The average Bonchev–Trinajstić information content (AvgIpc) is 2.85. The molecule has 1 aliphatic rings. The van der Waals surface area contributed by atoms with Crippen molar-refractivity contribution < 1.29 is 14.3 Å². The Balaban J connectivity index is 1.32. The first-order chi connectivity index (χ1) is 15.7. The SMILES string of the molecule is CCOc1ccc(CC(=O)N2CCN(c3ccc(-c4ccccc4OC)nn3)CC2)cc1. The summed E-state index contributed by atoms with van der Waals surface area (Å²) >= 11 is 0. The largest absolute Gasteiger partial charge is 0.496 e. The van der Waals surface area contributed by atoms with E-state index >= 15 is 0 Å². The first kappa shape index (κ1) is 21.6. The number of carbonyl (C=O) groups is 1. The van der Waals surface area contributed by atoms with Crippen molar-refractivity contribution in [2.45, 2.75) is 13.3 Å². The number of benzene rings is 2. The number of hydrogen-bond donors (Lipinski definition) is 0. The van der Waals surface area contributed by atoms with Gasteiger partial charge in [-0.15, -0.1) is 10.2 Å². The van der Waals surface area contributed by atoms with E-state index in [4.69, 9.17) is 9.47 Å². The van der Waals surface area contributed by atoms with Crippen molar-refractivity contribution in [3.63, 3.8) is 0 Å². The normalized spacial score (nSPS) is 13.7. The Morgan fingerprint density at radius 1 is 0.938 bits per heavy atom. The van der Waals surface area contributed by atoms with Crippen LogP contribution in [0.15, 0.2) is 60.7 Å². The van der Waals surface area contributed by atoms with Gasteiger partial charge in [-0.25, -0.2) is 0 Å². The van der Waals surface area contributed by atoms with Gasteiger partial charge in [-0.05, 0) is 48.9 Å². The third-order valence-corrected chi connectivity index (χ3v) is 5.58. The van der Waals surface area contributed by atoms with Crippen molar-refractivity contribution in [3.8, 4) is 22.8 Å². The third-order valence-electron chi connectivity index (χ3n) is 5.58. The summed E-state index contributed by atoms with van der Waals surface area (Å²) in [6.07, 6.45) is 0.403. The minimum atomic E-state index is 0.145. The van der Waals surface area contributed by atoms with Gasteiger partial charge in [0.15, 0.2) is 5.82 Å². The number of carbonyl (C=O) groups excluding carboxylic acids is 1. The van der Waals surface area contributed by atoms with Crippen LogP contribution in [0, 0.1) is 0 Å². The van der Waals surface area contributed by atoms with Crippen LogP contribution in [0.25, 0.3) is 11.3 Å². The van der Waals surface area contributed by atoms with Crippen LogP contribution in [-0.4, -0.2) is 60.9 Å². The Kier molecular flexibility index (Phi) is 6.84. The molecule has 2 aromatic carbocycles. The van der Waals surface area contributed by atoms with E-state index < -0.39 is 0 Å². The Labute approximate surface area is 188 Å². The molecule has 0 unspecified atom stereocenters. The molecule has 4 rings (SSSR count). The summed E-state index contributed by atoms with van der Waals surface area (Å²) in [4.78, 5) is 16.8. The van der Waals surface area contributed by atoms with Crippen LogP contribution in [0.3, 0.4) is 0 Å². The summed E-state index contributed by atoms with van der Waals surface area (Å²) in [7, 11) is 1.65. The Bertz CT molecular complexity index is 1030. The highest BCUT2D eigenvalue weighted by Crippen LogP contribution is 2.28. The van der Waals surface area contributed by atoms with E-state index in [2.05, 4.69) is 15.1 Å². The molecule has 1 saturated heterocycles. The maximum atomic E-state index is 12.7. The molecule has 1 aliphatic heterocycles. The number of hydrogen-bond acceptors (Lipinski definition) is 6. The van der Waals surface area contributed by atoms with Crippen molar-refractivity contribution in [1.82, 2.24) is 15.1 Å². The van der Waals surface area contributed by atoms with Gasteiger partial charge < -0.3 is 19.3 Å². The summed E-state index contributed by atoms with van der Waals surface area (Å²) in [5.41, 5.74) is 2.69. The average molecular weight is 433 g/mol. The molecule has 0 atom stereocenters. The van der Waals surface area contributed by atoms with Crippen molar-refractivity contribution >= 4 is 11.7 Å². The minimum absolute atomic E-state index is 0.145. The second-order valence-electron chi connectivity index (χ2n) is 7.60. The highest BCUT2D eigenvalue weighted by molar-refractivity contribution is 5.79. The lowest BCUT2D eigenvalue weighted by Crippen LogP contribution is -2.49. The zero-order chi connectivity index (χ0) is 22.3. The number of ether oxygens (including phenoxy) is 2. The molecule has 166 valence electrons. The van der Waals surface area contributed by atoms with Crippen molar-refractivity contribution in [3.05, 3.63) is 66.2 Å². The number of para-hydroxylation sites is 1. The van der Waals surface area contributed by atoms with Crippen LogP contribution in [-0.2, 0) is 11.2 Å². The van der Waals surface area contributed by atoms with E-state index in [0.29, 0.717) is 26.1 Å². The second-order valence-corrected chi connectivity index (χ2v) is 7.60. The van der Waals surface area contributed by atoms with Crippen LogP contribution in [0.4, 0.5) is 5.82 Å². The van der Waals surface area contributed by atoms with E-state index in [1.807, 2.05) is 72.5 Å². The van der Waals surface area contributed by atoms with Crippen LogP contribution < -0.4 is 14.4 Å². The summed E-state index contributed by atoms with van der Waals surface area (Å²) in [5, 5.41) is 8.82. The lowest BCUT2D eigenvalue weighted by atomic mass is 10.1. The number of piperazine rings is 1. The maximum absolute atomic E-state index is 12.7. The zero-order valence-corrected chi connectivity index (χ0v) is 18.5. The lowest BCUT2D eigenvalue weighted by molar-refractivity contribution is -0.130. The minimum Gasteiger partial charge on any atom is -0.496 e. The van der Waals surface area contributed by atoms with Crippen molar-refractivity contribution in [1.29, 1.82) is 0 Å². The lowest BCUT2D eigenvalue weighted by Gasteiger charge is -2.35. The van der Waals surface area contributed by atoms with E-state index in [0.717, 1.165) is 47.2 Å². The molecule has 0 bridgehead atoms. The Morgan fingerprint density at radius 3 is 2.34 bits per heavy atom. The zero-order valence-electron chi connectivity index (χ0n) is 18.5. The van der Waals surface area contributed by atoms with Gasteiger partial charge in [0.1, 0.15) is 11.5 Å². The number of amides is 1. The van der Waals surface area contributed by atoms with E-state index in [-0.39, 0.29) is 5.91 Å². The highest BCUT2D eigenvalue weighted by atomic mass is 16.5. The number of aromatic nitrogens is 2. The quantitative estimate of drug-likeness (QED) is 0.570. The summed E-state index contributed by atoms with van der Waals surface area (Å²) in [5.74, 6) is 2.57. The van der Waals surface area contributed by atoms with Crippen LogP contribution in [0.1, 0.15) is 12.5 Å². The first-order valence-electron chi connectivity index (χ1n) is 10.9. The molecule has 0 saturated carbocycles. The summed E-state index contributed by atoms with van der Waals surface area (Å²) < 4.78 is 10.9. The first-order valence-corrected chi connectivity index (χ1v) is 10.9. The van der Waals surface area contributed by atoms with Gasteiger partial charge in [0, 0.05) is 31.7 Å². The van der Waals surface area contributed by atoms with Crippen LogP contribution >= 0.6 is 0 Å². The van der Waals surface area contributed by atoms with Crippen LogP contribution in [0.5, 0.6) is 11.5 Å². The standard InChI is InChI=1S/C25H28N4O3/c1-3-32-20-10-8-19(9-11-20)18-25(30)29-16-14-28(15-17-29)24-13-12-22(26-27-24)21-6-4-5-7-23(21)31-2/h4-13H,3,14-18H2,1-2H3. The fraction of sp³-hybridized carbons (Fsp3) is 0.320. The fourth-order valence-corrected chi connectivity index (χ4v) is 3.84. The van der Waals surface area contributed by atoms with E-state index in [1.165, 1.54) is 0 Å². The van der Waals surface area contributed by atoms with Crippen molar-refractivity contribution in [2.75, 3.05) is 44.8 Å². The summed E-state index contributed by atoms with van der Waals surface area (Å²) in [6.45, 7) is 5.40. The third kappa shape index (κ3) is 4.99. The van der Waals surface area contributed by atoms with Crippen molar-refractivity contribution in [2.24, 2.45) is 0 Å². The molecule has 0 spiro atoms. The van der Waals surface area contributed by atoms with Crippen LogP contribution in [0.2, 0.25) is 0 Å². The highest BCUT2D eigenvalue weighted by Gasteiger charge is 2.22. The molecule has 0 aliphatic carbocycles. The van der Waals surface area contributed by atoms with Gasteiger partial charge in [-0.1, -0.05) is 24.3 Å². The molecule has 7 heteroatoms. The maximum Gasteiger partial charge on any atom is 0.227 e. The van der Waals surface area contributed by atoms with E-state index in [1.54, 1.807) is 7.11 Å². The molecule has 1 aromatic heterocycles. The number of nitrogens with zero attached hydrogens (tertiary/aromatic N) is 4. The van der Waals surface area contributed by atoms with Gasteiger partial charge in [0.25, 0.3) is 0 Å². The predicted molar refractivity (Wildman–Crippen MR) is 124 cm³/mol. The Morgan fingerprint density at radius 2 is 1.69 bits per heavy atom. The molecule has 0 radical (unpaired) electrons. The molecular weight excluding hydrogens is 404 g/mol. The topological polar surface area (TPSA) is 67.8 Å². The number of anilines is 1. The van der Waals surface area contributed by atoms with Gasteiger partial charge in [-0.3, -0.25) is 4.79 Å².